The maximum Gasteiger partial charge on any atom is 0.134 e. The molecule has 1 heterocycles. The SMILES string of the molecule is [2H]C([2H])([2H])OCc1nc(C(C)(C)C)cn1C. The van der Waals surface area contributed by atoms with E-state index in [4.69, 9.17) is 8.85 Å². The molecule has 1 aromatic rings. The quantitative estimate of drug-likeness (QED) is 0.703. The predicted octanol–water partition coefficient (Wildman–Crippen LogP) is 1.86. The van der Waals surface area contributed by atoms with Crippen molar-refractivity contribution in [1.29, 1.82) is 0 Å². The van der Waals surface area contributed by atoms with Gasteiger partial charge in [-0.05, 0) is 0 Å². The smallest absolute Gasteiger partial charge is 0.134 e. The number of aromatic nitrogens is 2. The van der Waals surface area contributed by atoms with Crippen molar-refractivity contribution < 1.29 is 8.85 Å². The topological polar surface area (TPSA) is 27.1 Å². The molecule has 0 unspecified atom stereocenters. The van der Waals surface area contributed by atoms with Crippen molar-refractivity contribution in [2.45, 2.75) is 32.8 Å². The van der Waals surface area contributed by atoms with Crippen LogP contribution in [0.3, 0.4) is 0 Å². The number of hydrogen-bond donors (Lipinski definition) is 0. The van der Waals surface area contributed by atoms with E-state index in [9.17, 15) is 0 Å². The van der Waals surface area contributed by atoms with Gasteiger partial charge in [0.1, 0.15) is 12.4 Å². The summed E-state index contributed by atoms with van der Waals surface area (Å²) in [5.74, 6) is 0.626. The summed E-state index contributed by atoms with van der Waals surface area (Å²) in [5, 5.41) is 0. The highest BCUT2D eigenvalue weighted by molar-refractivity contribution is 5.12. The van der Waals surface area contributed by atoms with Gasteiger partial charge in [0, 0.05) is 25.7 Å². The van der Waals surface area contributed by atoms with E-state index in [-0.39, 0.29) is 12.0 Å². The van der Waals surface area contributed by atoms with Crippen LogP contribution >= 0.6 is 0 Å². The molecule has 3 nitrogen and oxygen atoms in total. The Morgan fingerprint density at radius 3 is 2.77 bits per heavy atom. The zero-order valence-corrected chi connectivity index (χ0v) is 8.59. The predicted molar refractivity (Wildman–Crippen MR) is 52.6 cm³/mol. The summed E-state index contributed by atoms with van der Waals surface area (Å²) in [4.78, 5) is 4.37. The Balaban J connectivity index is 2.79. The van der Waals surface area contributed by atoms with Crippen molar-refractivity contribution >= 4 is 0 Å². The molecule has 0 saturated heterocycles. The van der Waals surface area contributed by atoms with E-state index >= 15 is 0 Å². The Bertz CT molecular complexity index is 363. The third-order valence-electron chi connectivity index (χ3n) is 1.94. The fourth-order valence-corrected chi connectivity index (χ4v) is 1.06. The number of methoxy groups -OCH3 is 1. The molecule has 0 amide bonds. The molecular formula is C10H18N2O. The van der Waals surface area contributed by atoms with E-state index < -0.39 is 7.04 Å². The van der Waals surface area contributed by atoms with Crippen molar-refractivity contribution in [2.75, 3.05) is 7.04 Å². The summed E-state index contributed by atoms with van der Waals surface area (Å²) < 4.78 is 27.4. The Morgan fingerprint density at radius 1 is 1.62 bits per heavy atom. The molecule has 0 bridgehead atoms. The van der Waals surface area contributed by atoms with Crippen LogP contribution < -0.4 is 0 Å². The van der Waals surface area contributed by atoms with Crippen molar-refractivity contribution in [3.05, 3.63) is 17.7 Å². The van der Waals surface area contributed by atoms with Crippen molar-refractivity contribution in [3.8, 4) is 0 Å². The Kier molecular flexibility index (Phi) is 1.78. The molecule has 0 atom stereocenters. The van der Waals surface area contributed by atoms with Crippen LogP contribution in [0.1, 0.15) is 36.4 Å². The molecule has 1 rings (SSSR count). The minimum absolute atomic E-state index is 0.00306. The van der Waals surface area contributed by atoms with Crippen LogP contribution in [-0.4, -0.2) is 16.6 Å². The fourth-order valence-electron chi connectivity index (χ4n) is 1.06. The number of imidazole rings is 1. The molecule has 0 aliphatic rings. The van der Waals surface area contributed by atoms with Gasteiger partial charge in [-0.15, -0.1) is 0 Å². The van der Waals surface area contributed by atoms with Crippen LogP contribution in [0.2, 0.25) is 0 Å². The molecule has 1 aromatic heterocycles. The molecule has 3 heteroatoms. The lowest BCUT2D eigenvalue weighted by Gasteiger charge is -2.13. The summed E-state index contributed by atoms with van der Waals surface area (Å²) in [6.45, 7) is 6.18. The van der Waals surface area contributed by atoms with Gasteiger partial charge in [-0.1, -0.05) is 20.8 Å². The maximum atomic E-state index is 6.96. The zero-order chi connectivity index (χ0) is 12.6. The van der Waals surface area contributed by atoms with Crippen molar-refractivity contribution in [3.63, 3.8) is 0 Å². The summed E-state index contributed by atoms with van der Waals surface area (Å²) in [7, 11) is -0.533. The largest absolute Gasteiger partial charge is 0.377 e. The first kappa shape index (κ1) is 6.60. The lowest BCUT2D eigenvalue weighted by Crippen LogP contribution is -2.11. The fraction of sp³-hybridized carbons (Fsp3) is 0.700. The van der Waals surface area contributed by atoms with Gasteiger partial charge >= 0.3 is 0 Å². The molecule has 0 fully saturated rings. The average Bonchev–Trinajstić information content (AvgIpc) is 2.41. The molecule has 0 spiro atoms. The minimum Gasteiger partial charge on any atom is -0.377 e. The van der Waals surface area contributed by atoms with Gasteiger partial charge in [0.25, 0.3) is 0 Å². The minimum atomic E-state index is -2.37. The van der Waals surface area contributed by atoms with E-state index in [0.717, 1.165) is 5.69 Å². The van der Waals surface area contributed by atoms with Gasteiger partial charge in [-0.2, -0.15) is 0 Å². The maximum absolute atomic E-state index is 6.96. The van der Waals surface area contributed by atoms with Crippen LogP contribution in [0.5, 0.6) is 0 Å². The lowest BCUT2D eigenvalue weighted by atomic mass is 9.93. The zero-order valence-electron chi connectivity index (χ0n) is 11.6. The molecule has 0 aliphatic carbocycles. The summed E-state index contributed by atoms with van der Waals surface area (Å²) in [6.07, 6.45) is 1.90. The van der Waals surface area contributed by atoms with E-state index in [2.05, 4.69) is 25.8 Å². The third kappa shape index (κ3) is 2.31. The second-order valence-electron chi connectivity index (χ2n) is 4.19. The van der Waals surface area contributed by atoms with Gasteiger partial charge in [-0.3, -0.25) is 0 Å². The molecule has 0 N–H and O–H groups in total. The van der Waals surface area contributed by atoms with E-state index in [1.165, 1.54) is 0 Å². The van der Waals surface area contributed by atoms with Gasteiger partial charge in [0.15, 0.2) is 0 Å². The van der Waals surface area contributed by atoms with Crippen LogP contribution in [0, 0.1) is 0 Å². The number of aryl methyl sites for hydroxylation is 1. The second kappa shape index (κ2) is 3.50. The summed E-state index contributed by atoms with van der Waals surface area (Å²) >= 11 is 0. The highest BCUT2D eigenvalue weighted by Gasteiger charge is 2.18. The number of ether oxygens (including phenoxy) is 1. The molecule has 74 valence electrons. The molecule has 0 radical (unpaired) electrons. The van der Waals surface area contributed by atoms with Crippen molar-refractivity contribution in [1.82, 2.24) is 9.55 Å². The molecule has 13 heavy (non-hydrogen) atoms. The second-order valence-corrected chi connectivity index (χ2v) is 4.19. The standard InChI is InChI=1S/C10H18N2O/c1-10(2,3)8-6-12(4)9(11-8)7-13-5/h6H,7H2,1-5H3/i5D3. The van der Waals surface area contributed by atoms with Crippen molar-refractivity contribution in [2.24, 2.45) is 7.05 Å². The normalized spacial score (nSPS) is 16.5. The first-order valence-electron chi connectivity index (χ1n) is 5.76. The third-order valence-corrected chi connectivity index (χ3v) is 1.94. The van der Waals surface area contributed by atoms with Crippen LogP contribution in [0.25, 0.3) is 0 Å². The van der Waals surface area contributed by atoms with Crippen LogP contribution in [0.15, 0.2) is 6.20 Å². The van der Waals surface area contributed by atoms with Gasteiger partial charge in [-0.25, -0.2) is 4.98 Å². The summed E-state index contributed by atoms with van der Waals surface area (Å²) in [6, 6.07) is 0. The lowest BCUT2D eigenvalue weighted by molar-refractivity contribution is 0.175. The Morgan fingerprint density at radius 2 is 2.31 bits per heavy atom. The van der Waals surface area contributed by atoms with Crippen LogP contribution in [0.4, 0.5) is 0 Å². The van der Waals surface area contributed by atoms with E-state index in [0.29, 0.717) is 5.82 Å². The average molecular weight is 185 g/mol. The number of rotatable bonds is 2. The molecular weight excluding hydrogens is 164 g/mol. The number of nitrogens with zero attached hydrogens (tertiary/aromatic N) is 2. The first-order chi connectivity index (χ1) is 7.09. The molecule has 0 aliphatic heterocycles. The van der Waals surface area contributed by atoms with E-state index in [1.807, 2.05) is 13.2 Å². The highest BCUT2D eigenvalue weighted by atomic mass is 16.5. The van der Waals surface area contributed by atoms with Gasteiger partial charge in [0.2, 0.25) is 0 Å². The highest BCUT2D eigenvalue weighted by Crippen LogP contribution is 2.20. The Labute approximate surface area is 84.0 Å². The van der Waals surface area contributed by atoms with Gasteiger partial charge < -0.3 is 9.30 Å². The molecule has 0 saturated carbocycles. The molecule has 0 aromatic carbocycles. The summed E-state index contributed by atoms with van der Waals surface area (Å²) in [5.41, 5.74) is 0.884. The van der Waals surface area contributed by atoms with Gasteiger partial charge in [0.05, 0.1) is 9.81 Å². The first-order valence-corrected chi connectivity index (χ1v) is 4.26. The monoisotopic (exact) mass is 185 g/mol. The number of hydrogen-bond acceptors (Lipinski definition) is 2. The van der Waals surface area contributed by atoms with Crippen LogP contribution in [-0.2, 0) is 23.8 Å². The Hall–Kier alpha value is -0.830. The van der Waals surface area contributed by atoms with E-state index in [1.54, 1.807) is 4.57 Å².